The number of benzene rings is 1. The fourth-order valence-electron chi connectivity index (χ4n) is 1.30. The summed E-state index contributed by atoms with van der Waals surface area (Å²) in [6.07, 6.45) is 2.00. The van der Waals surface area contributed by atoms with E-state index in [9.17, 15) is 4.79 Å². The zero-order valence-corrected chi connectivity index (χ0v) is 11.0. The number of aldehydes is 1. The average molecular weight is 281 g/mol. The van der Waals surface area contributed by atoms with Gasteiger partial charge in [-0.15, -0.1) is 0 Å². The highest BCUT2D eigenvalue weighted by molar-refractivity contribution is 7.99. The van der Waals surface area contributed by atoms with E-state index < -0.39 is 0 Å². The van der Waals surface area contributed by atoms with Crippen molar-refractivity contribution in [2.45, 2.75) is 9.92 Å². The van der Waals surface area contributed by atoms with Gasteiger partial charge in [-0.2, -0.15) is 0 Å². The minimum Gasteiger partial charge on any atom is -0.497 e. The molecule has 0 fully saturated rings. The van der Waals surface area contributed by atoms with Gasteiger partial charge in [0.05, 0.1) is 12.7 Å². The molecule has 0 amide bonds. The number of carbonyl (C=O) groups excluding carboxylic acids is 1. The van der Waals surface area contributed by atoms with Crippen molar-refractivity contribution in [1.29, 1.82) is 0 Å². The van der Waals surface area contributed by atoms with Crippen molar-refractivity contribution in [2.24, 2.45) is 0 Å². The van der Waals surface area contributed by atoms with Crippen LogP contribution in [0.15, 0.2) is 40.5 Å². The topological polar surface area (TPSA) is 52.1 Å². The van der Waals surface area contributed by atoms with Crippen LogP contribution in [0.2, 0.25) is 5.15 Å². The standard InChI is InChI=1S/C12H9ClN2O2S/c1-17-8-2-4-9(5-3-8)18-12-10(6-16)11(13)14-7-15-12/h2-7H,1H3. The molecule has 0 atom stereocenters. The second kappa shape index (κ2) is 5.84. The second-order valence-electron chi connectivity index (χ2n) is 3.28. The van der Waals surface area contributed by atoms with E-state index in [0.717, 1.165) is 10.6 Å². The van der Waals surface area contributed by atoms with Gasteiger partial charge in [0.2, 0.25) is 0 Å². The molecule has 0 spiro atoms. The Morgan fingerprint density at radius 1 is 1.28 bits per heavy atom. The van der Waals surface area contributed by atoms with Crippen LogP contribution in [0.3, 0.4) is 0 Å². The lowest BCUT2D eigenvalue weighted by Crippen LogP contribution is -1.93. The third-order valence-corrected chi connectivity index (χ3v) is 3.52. The third kappa shape index (κ3) is 2.80. The van der Waals surface area contributed by atoms with Crippen molar-refractivity contribution in [2.75, 3.05) is 7.11 Å². The molecule has 0 aliphatic carbocycles. The van der Waals surface area contributed by atoms with Crippen LogP contribution in [0.25, 0.3) is 0 Å². The first-order valence-electron chi connectivity index (χ1n) is 5.02. The Morgan fingerprint density at radius 2 is 2.00 bits per heavy atom. The van der Waals surface area contributed by atoms with Crippen molar-refractivity contribution >= 4 is 29.6 Å². The van der Waals surface area contributed by atoms with Crippen LogP contribution in [0, 0.1) is 0 Å². The molecular weight excluding hydrogens is 272 g/mol. The molecule has 0 saturated carbocycles. The maximum absolute atomic E-state index is 10.9. The van der Waals surface area contributed by atoms with Gasteiger partial charge in [0.15, 0.2) is 6.29 Å². The Bertz CT molecular complexity index is 561. The highest BCUT2D eigenvalue weighted by Crippen LogP contribution is 2.31. The smallest absolute Gasteiger partial charge is 0.155 e. The molecule has 0 radical (unpaired) electrons. The molecule has 1 aromatic carbocycles. The number of nitrogens with zero attached hydrogens (tertiary/aromatic N) is 2. The summed E-state index contributed by atoms with van der Waals surface area (Å²) in [6, 6.07) is 7.44. The van der Waals surface area contributed by atoms with Gasteiger partial charge >= 0.3 is 0 Å². The number of ether oxygens (including phenoxy) is 1. The maximum Gasteiger partial charge on any atom is 0.155 e. The number of methoxy groups -OCH3 is 1. The molecule has 0 aliphatic rings. The lowest BCUT2D eigenvalue weighted by molar-refractivity contribution is 0.112. The summed E-state index contributed by atoms with van der Waals surface area (Å²) >= 11 is 7.18. The predicted molar refractivity (Wildman–Crippen MR) is 69.5 cm³/mol. The lowest BCUT2D eigenvalue weighted by Gasteiger charge is -2.05. The van der Waals surface area contributed by atoms with Gasteiger partial charge in [-0.1, -0.05) is 23.4 Å². The molecule has 0 aliphatic heterocycles. The predicted octanol–water partition coefficient (Wildman–Crippen LogP) is 3.10. The van der Waals surface area contributed by atoms with Gasteiger partial charge in [-0.3, -0.25) is 4.79 Å². The quantitative estimate of drug-likeness (QED) is 0.636. The minimum absolute atomic E-state index is 0.163. The van der Waals surface area contributed by atoms with Crippen molar-refractivity contribution in [1.82, 2.24) is 9.97 Å². The Hall–Kier alpha value is -1.59. The molecule has 6 heteroatoms. The number of hydrogen-bond donors (Lipinski definition) is 0. The molecule has 0 saturated heterocycles. The minimum atomic E-state index is 0.163. The lowest BCUT2D eigenvalue weighted by atomic mass is 10.3. The zero-order chi connectivity index (χ0) is 13.0. The molecule has 1 heterocycles. The molecule has 4 nitrogen and oxygen atoms in total. The highest BCUT2D eigenvalue weighted by Gasteiger charge is 2.10. The van der Waals surface area contributed by atoms with E-state index in [1.165, 1.54) is 18.1 Å². The van der Waals surface area contributed by atoms with Crippen LogP contribution in [0.1, 0.15) is 10.4 Å². The molecule has 2 aromatic rings. The van der Waals surface area contributed by atoms with E-state index in [0.29, 0.717) is 16.9 Å². The summed E-state index contributed by atoms with van der Waals surface area (Å²) in [5.41, 5.74) is 0.306. The van der Waals surface area contributed by atoms with Gasteiger partial charge in [-0.25, -0.2) is 9.97 Å². The Labute approximate surface area is 113 Å². The third-order valence-electron chi connectivity index (χ3n) is 2.19. The SMILES string of the molecule is COc1ccc(Sc2ncnc(Cl)c2C=O)cc1. The zero-order valence-electron chi connectivity index (χ0n) is 9.46. The van der Waals surface area contributed by atoms with Crippen LogP contribution in [0.4, 0.5) is 0 Å². The molecule has 0 bridgehead atoms. The van der Waals surface area contributed by atoms with Crippen LogP contribution in [-0.2, 0) is 0 Å². The summed E-state index contributed by atoms with van der Waals surface area (Å²) in [7, 11) is 1.61. The molecular formula is C12H9ClN2O2S. The number of carbonyl (C=O) groups is 1. The molecule has 1 aromatic heterocycles. The summed E-state index contributed by atoms with van der Waals surface area (Å²) in [5, 5.41) is 0.700. The van der Waals surface area contributed by atoms with Crippen LogP contribution >= 0.6 is 23.4 Å². The fourth-order valence-corrected chi connectivity index (χ4v) is 2.38. The Morgan fingerprint density at radius 3 is 2.61 bits per heavy atom. The van der Waals surface area contributed by atoms with E-state index in [-0.39, 0.29) is 5.15 Å². The number of hydrogen-bond acceptors (Lipinski definition) is 5. The first kappa shape index (κ1) is 12.9. The fraction of sp³-hybridized carbons (Fsp3) is 0.0833. The summed E-state index contributed by atoms with van der Waals surface area (Å²) in [6.45, 7) is 0. The van der Waals surface area contributed by atoms with Gasteiger partial charge in [-0.05, 0) is 24.3 Å². The van der Waals surface area contributed by atoms with E-state index >= 15 is 0 Å². The molecule has 92 valence electrons. The van der Waals surface area contributed by atoms with E-state index in [1.807, 2.05) is 24.3 Å². The maximum atomic E-state index is 10.9. The average Bonchev–Trinajstić information content (AvgIpc) is 2.40. The molecule has 2 rings (SSSR count). The second-order valence-corrected chi connectivity index (χ2v) is 4.70. The molecule has 0 unspecified atom stereocenters. The van der Waals surface area contributed by atoms with E-state index in [2.05, 4.69) is 9.97 Å². The largest absolute Gasteiger partial charge is 0.497 e. The van der Waals surface area contributed by atoms with Crippen molar-refractivity contribution in [3.8, 4) is 5.75 Å². The molecule has 0 N–H and O–H groups in total. The van der Waals surface area contributed by atoms with Crippen LogP contribution in [-0.4, -0.2) is 23.4 Å². The van der Waals surface area contributed by atoms with Gasteiger partial charge in [0.25, 0.3) is 0 Å². The Balaban J connectivity index is 2.28. The highest BCUT2D eigenvalue weighted by atomic mass is 35.5. The van der Waals surface area contributed by atoms with Crippen molar-refractivity contribution in [3.05, 3.63) is 41.3 Å². The van der Waals surface area contributed by atoms with E-state index in [4.69, 9.17) is 16.3 Å². The summed E-state index contributed by atoms with van der Waals surface area (Å²) < 4.78 is 5.07. The number of aromatic nitrogens is 2. The van der Waals surface area contributed by atoms with Crippen LogP contribution in [0.5, 0.6) is 5.75 Å². The Kier molecular flexibility index (Phi) is 4.17. The number of rotatable bonds is 4. The van der Waals surface area contributed by atoms with Gasteiger partial charge in [0, 0.05) is 4.90 Å². The number of halogens is 1. The summed E-state index contributed by atoms with van der Waals surface area (Å²) in [5.74, 6) is 0.774. The van der Waals surface area contributed by atoms with Crippen LogP contribution < -0.4 is 4.74 Å². The van der Waals surface area contributed by atoms with Gasteiger partial charge in [0.1, 0.15) is 22.3 Å². The first-order chi connectivity index (χ1) is 8.74. The van der Waals surface area contributed by atoms with E-state index in [1.54, 1.807) is 7.11 Å². The van der Waals surface area contributed by atoms with Crippen molar-refractivity contribution < 1.29 is 9.53 Å². The summed E-state index contributed by atoms with van der Waals surface area (Å²) in [4.78, 5) is 19.7. The van der Waals surface area contributed by atoms with Gasteiger partial charge < -0.3 is 4.74 Å². The van der Waals surface area contributed by atoms with Crippen molar-refractivity contribution in [3.63, 3.8) is 0 Å². The monoisotopic (exact) mass is 280 g/mol. The molecule has 18 heavy (non-hydrogen) atoms. The first-order valence-corrected chi connectivity index (χ1v) is 6.21. The normalized spacial score (nSPS) is 10.1.